The van der Waals surface area contributed by atoms with E-state index in [1.165, 1.54) is 6.92 Å². The molecule has 1 aliphatic rings. The number of carbonyl (C=O) groups excluding carboxylic acids is 2. The molecule has 3 amide bonds. The zero-order chi connectivity index (χ0) is 25.5. The second-order valence-corrected chi connectivity index (χ2v) is 9.48. The molecule has 4 rings (SSSR count). The van der Waals surface area contributed by atoms with Gasteiger partial charge in [-0.25, -0.2) is 14.8 Å². The minimum atomic E-state index is -0.272. The first-order valence-electron chi connectivity index (χ1n) is 11.7. The first kappa shape index (κ1) is 25.5. The van der Waals surface area contributed by atoms with E-state index in [9.17, 15) is 9.59 Å². The zero-order valence-corrected chi connectivity index (χ0v) is 21.4. The highest BCUT2D eigenvalue weighted by molar-refractivity contribution is 7.98. The first-order valence-corrected chi connectivity index (χ1v) is 12.7. The Balaban J connectivity index is 1.57. The highest BCUT2D eigenvalue weighted by atomic mass is 32.2. The molecular weight excluding hydrogens is 476 g/mol. The Labute approximate surface area is 215 Å². The zero-order valence-electron chi connectivity index (χ0n) is 20.6. The van der Waals surface area contributed by atoms with Crippen molar-refractivity contribution in [3.05, 3.63) is 60.3 Å². The van der Waals surface area contributed by atoms with Gasteiger partial charge in [-0.3, -0.25) is 4.79 Å². The quantitative estimate of drug-likeness (QED) is 0.408. The Hall–Kier alpha value is -3.63. The first-order chi connectivity index (χ1) is 17.4. The lowest BCUT2D eigenvalue weighted by atomic mass is 10.2. The van der Waals surface area contributed by atoms with Crippen LogP contribution in [-0.4, -0.2) is 54.8 Å². The van der Waals surface area contributed by atoms with Crippen LogP contribution >= 0.6 is 11.8 Å². The molecule has 2 aromatic carbocycles. The maximum absolute atomic E-state index is 11.6. The Morgan fingerprint density at radius 2 is 1.75 bits per heavy atom. The van der Waals surface area contributed by atoms with Crippen LogP contribution in [0.25, 0.3) is 11.4 Å². The lowest BCUT2D eigenvalue weighted by Gasteiger charge is -2.34. The minimum Gasteiger partial charge on any atom is -0.377 e. The number of hydrogen-bond acceptors (Lipinski definition) is 7. The summed E-state index contributed by atoms with van der Waals surface area (Å²) in [4.78, 5) is 35.9. The van der Waals surface area contributed by atoms with Gasteiger partial charge in [-0.2, -0.15) is 0 Å². The summed E-state index contributed by atoms with van der Waals surface area (Å²) in [6.45, 7) is 5.71. The summed E-state index contributed by atoms with van der Waals surface area (Å²) >= 11 is 1.67. The minimum absolute atomic E-state index is 0.0915. The molecule has 0 radical (unpaired) electrons. The van der Waals surface area contributed by atoms with Crippen LogP contribution in [0.3, 0.4) is 0 Å². The van der Waals surface area contributed by atoms with Gasteiger partial charge in [0.05, 0.1) is 24.9 Å². The van der Waals surface area contributed by atoms with Crippen molar-refractivity contribution < 1.29 is 14.3 Å². The topological polar surface area (TPSA) is 108 Å². The van der Waals surface area contributed by atoms with Gasteiger partial charge >= 0.3 is 6.03 Å². The lowest BCUT2D eigenvalue weighted by Crippen LogP contribution is -2.44. The van der Waals surface area contributed by atoms with Gasteiger partial charge in [-0.05, 0) is 55.5 Å². The third kappa shape index (κ3) is 6.73. The Kier molecular flexibility index (Phi) is 8.40. The number of ether oxygens (including phenoxy) is 1. The molecule has 3 aromatic rings. The summed E-state index contributed by atoms with van der Waals surface area (Å²) in [5.41, 5.74) is 3.24. The number of anilines is 3. The van der Waals surface area contributed by atoms with Crippen molar-refractivity contribution in [1.29, 1.82) is 0 Å². The van der Waals surface area contributed by atoms with E-state index in [4.69, 9.17) is 14.7 Å². The van der Waals surface area contributed by atoms with Crippen LogP contribution in [-0.2, 0) is 15.3 Å². The maximum atomic E-state index is 11.6. The van der Waals surface area contributed by atoms with Crippen LogP contribution in [0.2, 0.25) is 0 Å². The number of benzene rings is 2. The number of nitrogens with zero attached hydrogens (tertiary/aromatic N) is 3. The van der Waals surface area contributed by atoms with E-state index in [1.807, 2.05) is 54.6 Å². The Bertz CT molecular complexity index is 1200. The summed E-state index contributed by atoms with van der Waals surface area (Å²) in [5, 5.41) is 8.09. The molecule has 1 aliphatic heterocycles. The largest absolute Gasteiger partial charge is 0.377 e. The van der Waals surface area contributed by atoms with Gasteiger partial charge in [0.2, 0.25) is 5.91 Å². The molecule has 1 saturated heterocycles. The smallest absolute Gasteiger partial charge is 0.318 e. The van der Waals surface area contributed by atoms with E-state index in [1.54, 1.807) is 18.8 Å². The summed E-state index contributed by atoms with van der Waals surface area (Å²) in [6.07, 6.45) is 0. The highest BCUT2D eigenvalue weighted by Crippen LogP contribution is 2.28. The van der Waals surface area contributed by atoms with Crippen molar-refractivity contribution >= 4 is 40.9 Å². The predicted octanol–water partition coefficient (Wildman–Crippen LogP) is 4.37. The molecule has 36 heavy (non-hydrogen) atoms. The third-order valence-corrected chi connectivity index (χ3v) is 6.66. The van der Waals surface area contributed by atoms with Gasteiger partial charge in [0.1, 0.15) is 5.82 Å². The molecule has 188 valence electrons. The molecule has 1 atom stereocenters. The molecule has 0 bridgehead atoms. The summed E-state index contributed by atoms with van der Waals surface area (Å²) in [7, 11) is 1.58. The average Bonchev–Trinajstić information content (AvgIpc) is 2.88. The van der Waals surface area contributed by atoms with Crippen molar-refractivity contribution in [2.24, 2.45) is 0 Å². The molecule has 1 aromatic heterocycles. The fourth-order valence-electron chi connectivity index (χ4n) is 3.79. The van der Waals surface area contributed by atoms with Crippen LogP contribution in [0, 0.1) is 0 Å². The van der Waals surface area contributed by atoms with E-state index < -0.39 is 0 Å². The van der Waals surface area contributed by atoms with Crippen LogP contribution in [0.15, 0.2) is 59.5 Å². The highest BCUT2D eigenvalue weighted by Gasteiger charge is 2.22. The fraction of sp³-hybridized carbons (Fsp3) is 0.308. The molecule has 3 N–H and O–H groups in total. The second kappa shape index (κ2) is 11.9. The van der Waals surface area contributed by atoms with Crippen molar-refractivity contribution in [3.8, 4) is 11.4 Å². The number of nitrogens with one attached hydrogen (secondary N) is 3. The normalized spacial score (nSPS) is 15.3. The number of aromatic nitrogens is 2. The summed E-state index contributed by atoms with van der Waals surface area (Å²) < 4.78 is 5.62. The summed E-state index contributed by atoms with van der Waals surface area (Å²) in [6, 6.07) is 17.2. The predicted molar refractivity (Wildman–Crippen MR) is 143 cm³/mol. The van der Waals surface area contributed by atoms with Gasteiger partial charge in [0.25, 0.3) is 0 Å². The number of carbonyl (C=O) groups is 2. The number of urea groups is 1. The van der Waals surface area contributed by atoms with E-state index >= 15 is 0 Å². The monoisotopic (exact) mass is 506 g/mol. The number of hydrogen-bond donors (Lipinski definition) is 3. The fourth-order valence-corrected chi connectivity index (χ4v) is 4.58. The maximum Gasteiger partial charge on any atom is 0.318 e. The summed E-state index contributed by atoms with van der Waals surface area (Å²) in [5.74, 6) is 2.08. The van der Waals surface area contributed by atoms with Crippen molar-refractivity contribution in [1.82, 2.24) is 15.3 Å². The molecule has 0 unspecified atom stereocenters. The Morgan fingerprint density at radius 1 is 1.06 bits per heavy atom. The van der Waals surface area contributed by atoms with Crippen LogP contribution in [0.4, 0.5) is 22.0 Å². The number of amides is 3. The van der Waals surface area contributed by atoms with Gasteiger partial charge in [0.15, 0.2) is 5.82 Å². The lowest BCUT2D eigenvalue weighted by molar-refractivity contribution is -0.114. The third-order valence-electron chi connectivity index (χ3n) is 5.62. The van der Waals surface area contributed by atoms with Crippen LogP contribution in [0.1, 0.15) is 19.5 Å². The molecule has 0 spiro atoms. The van der Waals surface area contributed by atoms with Gasteiger partial charge < -0.3 is 25.6 Å². The van der Waals surface area contributed by atoms with Crippen LogP contribution < -0.4 is 20.9 Å². The SMILES string of the molecule is CNC(=O)Nc1ccc(-c2nc(CSc3ccc(NC(C)=O)cc3)cc(N3CCOC[C@@H]3C)n2)cc1. The van der Waals surface area contributed by atoms with E-state index in [0.29, 0.717) is 30.5 Å². The molecule has 0 aliphatic carbocycles. The van der Waals surface area contributed by atoms with Crippen molar-refractivity contribution in [2.45, 2.75) is 30.5 Å². The standard InChI is InChI=1S/C26H30N6O3S/c1-17-15-35-13-12-32(17)24-14-22(16-36-23-10-8-20(9-11-23)28-18(2)33)29-25(31-24)19-4-6-21(7-5-19)30-26(34)27-3/h4-11,14,17H,12-13,15-16H2,1-3H3,(H,28,33)(H2,27,30,34)/t17-/m0/s1. The molecule has 10 heteroatoms. The Morgan fingerprint density at radius 3 is 2.42 bits per heavy atom. The second-order valence-electron chi connectivity index (χ2n) is 8.43. The van der Waals surface area contributed by atoms with Gasteiger partial charge in [-0.1, -0.05) is 0 Å². The average molecular weight is 507 g/mol. The number of morpholine rings is 1. The number of rotatable bonds is 7. The molecule has 1 fully saturated rings. The molecule has 2 heterocycles. The van der Waals surface area contributed by atoms with Gasteiger partial charge in [0, 0.05) is 54.2 Å². The van der Waals surface area contributed by atoms with Crippen molar-refractivity contribution in [2.75, 3.05) is 42.3 Å². The van der Waals surface area contributed by atoms with Gasteiger partial charge in [-0.15, -0.1) is 11.8 Å². The molecule has 0 saturated carbocycles. The van der Waals surface area contributed by atoms with E-state index in [-0.39, 0.29) is 18.0 Å². The molecular formula is C26H30N6O3S. The number of thioether (sulfide) groups is 1. The van der Waals surface area contributed by atoms with Crippen molar-refractivity contribution in [3.63, 3.8) is 0 Å². The van der Waals surface area contributed by atoms with E-state index in [0.717, 1.165) is 34.2 Å². The van der Waals surface area contributed by atoms with E-state index in [2.05, 4.69) is 27.8 Å². The van der Waals surface area contributed by atoms with Crippen LogP contribution in [0.5, 0.6) is 0 Å². The molecule has 9 nitrogen and oxygen atoms in total.